The van der Waals surface area contributed by atoms with E-state index in [1.54, 1.807) is 46.9 Å². The molecule has 2 heterocycles. The summed E-state index contributed by atoms with van der Waals surface area (Å²) < 4.78 is 6.93. The molecule has 6 amide bonds. The highest BCUT2D eigenvalue weighted by atomic mass is 79.9. The average molecular weight is 1180 g/mol. The number of nitrogens with one attached hydrogen (secondary N) is 1. The molecule has 0 aliphatic carbocycles. The third-order valence-corrected chi connectivity index (χ3v) is 17.1. The lowest BCUT2D eigenvalue weighted by molar-refractivity contribution is -0.178. The molecular formula is C62H93BrN6O11. The fourth-order valence-electron chi connectivity index (χ4n) is 11.7. The number of rotatable bonds is 13. The highest BCUT2D eigenvalue weighted by molar-refractivity contribution is 9.10. The minimum absolute atomic E-state index is 0.000687. The van der Waals surface area contributed by atoms with E-state index >= 15 is 9.59 Å². The maximum absolute atomic E-state index is 15.4. The molecule has 11 atom stereocenters. The number of cyclic esters (lactones) is 1. The van der Waals surface area contributed by atoms with Crippen molar-refractivity contribution < 1.29 is 53.0 Å². The van der Waals surface area contributed by atoms with Crippen LogP contribution in [-0.2, 0) is 60.7 Å². The average Bonchev–Trinajstić information content (AvgIpc) is 3.90. The van der Waals surface area contributed by atoms with Gasteiger partial charge in [0.2, 0.25) is 29.5 Å². The number of fused-ring (bicyclic) bond motifs is 1. The van der Waals surface area contributed by atoms with E-state index in [2.05, 4.69) is 21.2 Å². The summed E-state index contributed by atoms with van der Waals surface area (Å²) in [5.74, 6) is -9.32. The summed E-state index contributed by atoms with van der Waals surface area (Å²) in [6.07, 6.45) is -0.0922. The molecule has 0 bridgehead atoms. The van der Waals surface area contributed by atoms with Crippen molar-refractivity contribution in [3.05, 3.63) is 70.2 Å². The molecule has 2 saturated heterocycles. The number of hydrogen-bond donors (Lipinski definition) is 2. The van der Waals surface area contributed by atoms with E-state index in [0.717, 1.165) is 14.9 Å². The smallest absolute Gasteiger partial charge is 0.332 e. The number of halogens is 1. The standard InChI is InChI=1S/C62H93BrN6O11/c1-17-39(9)45-35-49(70)47-25-22-30-69(47)59(76)48(33-42-26-28-44(63)29-27-42)65(13)58(75)46(32-41-23-20-19-21-24-41)64-55(72)52(38(7)8)67(15)60(77)53(40(10)18-2)80-61(78)54(62(11,12)79)68(16)56(73)43(31-36(3)4)34-50(71)51(37(5)6)66(14)57(45)74/h19-21,23-24,26-29,36-40,43,45-48,51-54,79H,17-18,22,25,30-35H2,1-16H3,(H,64,72)/t39?,40?,43-,45+,46+,47+,48?,51+,52+,53-,54-/m1/s1. The van der Waals surface area contributed by atoms with Gasteiger partial charge in [-0.2, -0.15) is 0 Å². The Balaban J connectivity index is 1.98. The summed E-state index contributed by atoms with van der Waals surface area (Å²) in [7, 11) is 5.82. The second kappa shape index (κ2) is 29.5. The van der Waals surface area contributed by atoms with Crippen LogP contribution in [0.5, 0.6) is 0 Å². The molecule has 2 aliphatic rings. The molecule has 17 nitrogen and oxygen atoms in total. The topological polar surface area (TPSA) is 211 Å². The fraction of sp³-hybridized carbons (Fsp3) is 0.661. The minimum atomic E-state index is -1.94. The maximum atomic E-state index is 15.4. The SMILES string of the molecule is CCC(C)[C@@H]1CC(=O)[C@@H]2CCCN2C(=O)C(Cc2ccc(Br)cc2)N(C)C(=O)[C@H](Cc2ccccc2)NC(=O)[C@H](C(C)C)N(C)C(=O)[C@@H](C(C)CC)OC(=O)[C@H](C(C)(C)O)N(C)C(=O)[C@H](CC(C)C)CC(=O)[C@H](C(C)C)N(C)C1=O. The zero-order chi connectivity index (χ0) is 60.2. The summed E-state index contributed by atoms with van der Waals surface area (Å²) in [5, 5.41) is 14.7. The zero-order valence-electron chi connectivity index (χ0n) is 50.5. The molecule has 0 spiro atoms. The van der Waals surface area contributed by atoms with Crippen LogP contribution in [-0.4, -0.2) is 165 Å². The van der Waals surface area contributed by atoms with Crippen molar-refractivity contribution in [1.82, 2.24) is 29.8 Å². The molecule has 2 N–H and O–H groups in total. The number of aliphatic hydroxyl groups is 1. The Labute approximate surface area is 484 Å². The molecule has 4 rings (SSSR count). The molecule has 18 heteroatoms. The molecule has 0 saturated carbocycles. The number of hydrogen-bond acceptors (Lipinski definition) is 11. The first-order valence-electron chi connectivity index (χ1n) is 28.8. The predicted molar refractivity (Wildman–Crippen MR) is 311 cm³/mol. The molecule has 444 valence electrons. The predicted octanol–water partition coefficient (Wildman–Crippen LogP) is 7.32. The maximum Gasteiger partial charge on any atom is 0.332 e. The van der Waals surface area contributed by atoms with Crippen LogP contribution in [0.3, 0.4) is 0 Å². The van der Waals surface area contributed by atoms with E-state index in [1.807, 2.05) is 84.0 Å². The van der Waals surface area contributed by atoms with Crippen molar-refractivity contribution in [3.63, 3.8) is 0 Å². The van der Waals surface area contributed by atoms with Crippen LogP contribution in [0.2, 0.25) is 0 Å². The lowest BCUT2D eigenvalue weighted by Crippen LogP contribution is -2.61. The number of benzene rings is 2. The Hall–Kier alpha value is -5.49. The lowest BCUT2D eigenvalue weighted by atomic mass is 9.82. The first-order valence-corrected chi connectivity index (χ1v) is 29.6. The molecule has 2 aromatic carbocycles. The first-order chi connectivity index (χ1) is 37.4. The second-order valence-corrected chi connectivity index (χ2v) is 25.3. The molecule has 0 radical (unpaired) electrons. The van der Waals surface area contributed by atoms with E-state index < -0.39 is 125 Å². The van der Waals surface area contributed by atoms with Gasteiger partial charge in [-0.15, -0.1) is 0 Å². The number of esters is 1. The Bertz CT molecular complexity index is 2480. The number of amides is 6. The van der Waals surface area contributed by atoms with Crippen LogP contribution in [0.1, 0.15) is 139 Å². The van der Waals surface area contributed by atoms with Crippen LogP contribution < -0.4 is 5.32 Å². The summed E-state index contributed by atoms with van der Waals surface area (Å²) in [5.41, 5.74) is -0.514. The van der Waals surface area contributed by atoms with Gasteiger partial charge in [0.15, 0.2) is 23.7 Å². The Morgan fingerprint density at radius 1 is 0.650 bits per heavy atom. The molecule has 2 aliphatic heterocycles. The molecule has 3 unspecified atom stereocenters. The Morgan fingerprint density at radius 2 is 1.21 bits per heavy atom. The molecule has 2 fully saturated rings. The van der Waals surface area contributed by atoms with Gasteiger partial charge >= 0.3 is 5.97 Å². The Morgan fingerprint density at radius 3 is 1.75 bits per heavy atom. The van der Waals surface area contributed by atoms with Crippen LogP contribution in [0.25, 0.3) is 0 Å². The van der Waals surface area contributed by atoms with Crippen molar-refractivity contribution >= 4 is 68.9 Å². The van der Waals surface area contributed by atoms with E-state index in [-0.39, 0.29) is 56.3 Å². The second-order valence-electron chi connectivity index (χ2n) is 24.4. The van der Waals surface area contributed by atoms with Crippen LogP contribution in [0.4, 0.5) is 0 Å². The van der Waals surface area contributed by atoms with Crippen molar-refractivity contribution in [2.75, 3.05) is 34.7 Å². The van der Waals surface area contributed by atoms with Crippen molar-refractivity contribution in [3.8, 4) is 0 Å². The van der Waals surface area contributed by atoms with Crippen LogP contribution in [0, 0.1) is 41.4 Å². The summed E-state index contributed by atoms with van der Waals surface area (Å²) in [4.78, 5) is 141. The Kier molecular flexibility index (Phi) is 24.7. The number of ether oxygens (including phenoxy) is 1. The van der Waals surface area contributed by atoms with Gasteiger partial charge in [0.05, 0.1) is 17.7 Å². The summed E-state index contributed by atoms with van der Waals surface area (Å²) >= 11 is 3.49. The van der Waals surface area contributed by atoms with E-state index in [4.69, 9.17) is 4.74 Å². The van der Waals surface area contributed by atoms with Crippen LogP contribution >= 0.6 is 15.9 Å². The largest absolute Gasteiger partial charge is 0.450 e. The van der Waals surface area contributed by atoms with Crippen molar-refractivity contribution in [1.29, 1.82) is 0 Å². The van der Waals surface area contributed by atoms with Gasteiger partial charge in [-0.05, 0) is 86.5 Å². The van der Waals surface area contributed by atoms with Gasteiger partial charge < -0.3 is 39.7 Å². The normalized spacial score (nSPS) is 26.5. The number of nitrogens with zero attached hydrogens (tertiary/aromatic N) is 5. The summed E-state index contributed by atoms with van der Waals surface area (Å²) in [6.45, 7) is 21.1. The van der Waals surface area contributed by atoms with Gasteiger partial charge in [-0.3, -0.25) is 38.4 Å². The number of carbonyl (C=O) groups excluding carboxylic acids is 9. The van der Waals surface area contributed by atoms with Crippen molar-refractivity contribution in [2.24, 2.45) is 41.4 Å². The molecule has 2 aromatic rings. The summed E-state index contributed by atoms with van der Waals surface area (Å²) in [6, 6.07) is 9.12. The first kappa shape index (κ1) is 67.0. The van der Waals surface area contributed by atoms with Crippen LogP contribution in [0.15, 0.2) is 59.1 Å². The minimum Gasteiger partial charge on any atom is -0.450 e. The van der Waals surface area contributed by atoms with Gasteiger partial charge in [0.1, 0.15) is 18.1 Å². The third-order valence-electron chi connectivity index (χ3n) is 16.5. The molecular weight excluding hydrogens is 1080 g/mol. The zero-order valence-corrected chi connectivity index (χ0v) is 52.1. The number of Topliss-reactive ketones (excluding diaryl/α,β-unsaturated/α-hetero) is 2. The molecule has 80 heavy (non-hydrogen) atoms. The number of ketones is 2. The fourth-order valence-corrected chi connectivity index (χ4v) is 12.0. The third kappa shape index (κ3) is 16.8. The molecule has 0 aromatic heterocycles. The van der Waals surface area contributed by atoms with Gasteiger partial charge in [0, 0.05) is 82.6 Å². The number of carbonyl (C=O) groups is 9. The lowest BCUT2D eigenvalue weighted by Gasteiger charge is -2.39. The quantitative estimate of drug-likeness (QED) is 0.190. The highest BCUT2D eigenvalue weighted by Gasteiger charge is 2.48. The van der Waals surface area contributed by atoms with E-state index in [1.165, 1.54) is 54.6 Å². The van der Waals surface area contributed by atoms with E-state index in [9.17, 15) is 38.7 Å². The van der Waals surface area contributed by atoms with Gasteiger partial charge in [0.25, 0.3) is 5.91 Å². The highest BCUT2D eigenvalue weighted by Crippen LogP contribution is 2.32. The van der Waals surface area contributed by atoms with Gasteiger partial charge in [-0.1, -0.05) is 134 Å². The monoisotopic (exact) mass is 1180 g/mol. The van der Waals surface area contributed by atoms with Gasteiger partial charge in [-0.25, -0.2) is 4.79 Å². The number of likely N-dealkylation sites (N-methyl/N-ethyl adjacent to an activating group) is 4. The van der Waals surface area contributed by atoms with Crippen molar-refractivity contribution in [2.45, 2.75) is 189 Å². The van der Waals surface area contributed by atoms with E-state index in [0.29, 0.717) is 31.2 Å².